The molecule has 0 spiro atoms. The average molecular weight is 444 g/mol. The van der Waals surface area contributed by atoms with Gasteiger partial charge in [-0.3, -0.25) is 19.2 Å². The lowest BCUT2D eigenvalue weighted by atomic mass is 9.95. The highest BCUT2D eigenvalue weighted by Crippen LogP contribution is 2.39. The molecule has 0 bridgehead atoms. The molecule has 0 saturated heterocycles. The van der Waals surface area contributed by atoms with Gasteiger partial charge in [0.05, 0.1) is 11.7 Å². The van der Waals surface area contributed by atoms with Crippen molar-refractivity contribution in [3.8, 4) is 0 Å². The normalized spacial score (nSPS) is 20.2. The van der Waals surface area contributed by atoms with E-state index in [1.807, 2.05) is 19.1 Å². The molecule has 2 aliphatic rings. The number of nitrogens with zero attached hydrogens (tertiary/aromatic N) is 1. The second-order valence-corrected chi connectivity index (χ2v) is 9.27. The molecule has 8 nitrogen and oxygen atoms in total. The van der Waals surface area contributed by atoms with E-state index in [2.05, 4.69) is 10.6 Å². The number of carbonyl (C=O) groups excluding carboxylic acids is 2. The molecule has 2 N–H and O–H groups in total. The summed E-state index contributed by atoms with van der Waals surface area (Å²) in [6.45, 7) is 1.86. The number of hydrogen-bond acceptors (Lipinski definition) is 8. The van der Waals surface area contributed by atoms with E-state index < -0.39 is 21.9 Å². The Morgan fingerprint density at radius 3 is 2.42 bits per heavy atom. The largest absolute Gasteiger partial charge is 0.464 e. The molecule has 31 heavy (non-hydrogen) atoms. The SMILES string of the molecule is Cc1ccc(C(Nc2c(NC3=CSC(C(=O)N(C)C)C3=O)c(=O)c2=O)C2CCCC2)o1. The molecule has 164 valence electrons. The highest BCUT2D eigenvalue weighted by Gasteiger charge is 2.37. The van der Waals surface area contributed by atoms with Crippen LogP contribution in [0, 0.1) is 12.8 Å². The van der Waals surface area contributed by atoms with E-state index in [9.17, 15) is 19.2 Å². The van der Waals surface area contributed by atoms with Gasteiger partial charge in [-0.1, -0.05) is 12.8 Å². The van der Waals surface area contributed by atoms with E-state index in [0.29, 0.717) is 0 Å². The predicted molar refractivity (Wildman–Crippen MR) is 120 cm³/mol. The van der Waals surface area contributed by atoms with Crippen molar-refractivity contribution in [2.24, 2.45) is 5.92 Å². The molecule has 1 aliphatic carbocycles. The van der Waals surface area contributed by atoms with Crippen molar-refractivity contribution in [2.75, 3.05) is 24.7 Å². The maximum atomic E-state index is 12.6. The summed E-state index contributed by atoms with van der Waals surface area (Å²) >= 11 is 1.09. The van der Waals surface area contributed by atoms with E-state index in [-0.39, 0.29) is 34.9 Å². The predicted octanol–water partition coefficient (Wildman–Crippen LogP) is 2.55. The molecule has 9 heteroatoms. The first-order valence-electron chi connectivity index (χ1n) is 10.3. The van der Waals surface area contributed by atoms with Gasteiger partial charge in [-0.25, -0.2) is 0 Å². The Bertz CT molecular complexity index is 1120. The van der Waals surface area contributed by atoms with Crippen molar-refractivity contribution in [1.82, 2.24) is 4.90 Å². The molecule has 1 amide bonds. The van der Waals surface area contributed by atoms with Gasteiger partial charge in [-0.2, -0.15) is 0 Å². The number of amides is 1. The molecule has 4 rings (SSSR count). The summed E-state index contributed by atoms with van der Waals surface area (Å²) in [6.07, 6.45) is 4.23. The third-order valence-electron chi connectivity index (χ3n) is 5.90. The average Bonchev–Trinajstić information content (AvgIpc) is 3.49. The number of thioether (sulfide) groups is 1. The zero-order chi connectivity index (χ0) is 22.3. The second-order valence-electron chi connectivity index (χ2n) is 8.29. The Morgan fingerprint density at radius 2 is 1.81 bits per heavy atom. The van der Waals surface area contributed by atoms with Gasteiger partial charge in [-0.05, 0) is 43.2 Å². The molecule has 2 unspecified atom stereocenters. The number of ketones is 1. The van der Waals surface area contributed by atoms with Crippen molar-refractivity contribution in [3.63, 3.8) is 0 Å². The van der Waals surface area contributed by atoms with Crippen LogP contribution in [-0.2, 0) is 9.59 Å². The topological polar surface area (TPSA) is 109 Å². The number of Topliss-reactive ketones (excluding diaryl/α,β-unsaturated/α-hetero) is 1. The van der Waals surface area contributed by atoms with Crippen LogP contribution in [0.4, 0.5) is 11.4 Å². The number of nitrogens with one attached hydrogen (secondary N) is 2. The molecule has 2 atom stereocenters. The van der Waals surface area contributed by atoms with Gasteiger partial charge >= 0.3 is 0 Å². The van der Waals surface area contributed by atoms with Gasteiger partial charge in [0.15, 0.2) is 5.25 Å². The summed E-state index contributed by atoms with van der Waals surface area (Å²) in [5, 5.41) is 6.69. The molecule has 1 aromatic carbocycles. The Hall–Kier alpha value is -2.81. The number of carbonyl (C=O) groups is 2. The molecular weight excluding hydrogens is 418 g/mol. The van der Waals surface area contributed by atoms with Crippen LogP contribution in [0.5, 0.6) is 0 Å². The Labute approximate surface area is 183 Å². The molecule has 1 aromatic heterocycles. The molecule has 1 saturated carbocycles. The number of anilines is 2. The van der Waals surface area contributed by atoms with Crippen LogP contribution in [0.25, 0.3) is 0 Å². The Morgan fingerprint density at radius 1 is 1.13 bits per heavy atom. The van der Waals surface area contributed by atoms with Crippen molar-refractivity contribution in [1.29, 1.82) is 0 Å². The molecule has 0 radical (unpaired) electrons. The van der Waals surface area contributed by atoms with E-state index >= 15 is 0 Å². The first kappa shape index (κ1) is 21.4. The van der Waals surface area contributed by atoms with Crippen LogP contribution in [0.3, 0.4) is 0 Å². The summed E-state index contributed by atoms with van der Waals surface area (Å²) in [5.74, 6) is 1.07. The second kappa shape index (κ2) is 8.37. The number of allylic oxidation sites excluding steroid dienone is 1. The van der Waals surface area contributed by atoms with E-state index in [0.717, 1.165) is 49.0 Å². The van der Waals surface area contributed by atoms with Crippen LogP contribution >= 0.6 is 11.8 Å². The minimum atomic E-state index is -0.877. The summed E-state index contributed by atoms with van der Waals surface area (Å²) in [6, 6.07) is 3.54. The van der Waals surface area contributed by atoms with E-state index in [4.69, 9.17) is 4.42 Å². The summed E-state index contributed by atoms with van der Waals surface area (Å²) in [5.41, 5.74) is -0.921. The monoisotopic (exact) mass is 443 g/mol. The maximum absolute atomic E-state index is 12.6. The minimum Gasteiger partial charge on any atom is -0.464 e. The number of rotatable bonds is 7. The fourth-order valence-electron chi connectivity index (χ4n) is 4.16. The van der Waals surface area contributed by atoms with Crippen LogP contribution in [0.2, 0.25) is 0 Å². The molecular formula is C22H25N3O5S. The van der Waals surface area contributed by atoms with Gasteiger partial charge in [0.2, 0.25) is 11.7 Å². The minimum absolute atomic E-state index is 0.0643. The van der Waals surface area contributed by atoms with Crippen LogP contribution in [0.1, 0.15) is 43.2 Å². The van der Waals surface area contributed by atoms with Gasteiger partial charge < -0.3 is 20.0 Å². The van der Waals surface area contributed by atoms with Gasteiger partial charge in [0, 0.05) is 14.1 Å². The fourth-order valence-corrected chi connectivity index (χ4v) is 5.19. The zero-order valence-electron chi connectivity index (χ0n) is 17.7. The Balaban J connectivity index is 1.55. The van der Waals surface area contributed by atoms with E-state index in [1.165, 1.54) is 10.3 Å². The fraction of sp³-hybridized carbons (Fsp3) is 0.455. The van der Waals surface area contributed by atoms with Crippen molar-refractivity contribution >= 4 is 34.8 Å². The van der Waals surface area contributed by atoms with Crippen molar-refractivity contribution in [3.05, 3.63) is 55.2 Å². The molecule has 2 aromatic rings. The number of aryl methyl sites for hydroxylation is 1. The van der Waals surface area contributed by atoms with Gasteiger partial charge in [0.1, 0.15) is 22.9 Å². The van der Waals surface area contributed by atoms with Crippen molar-refractivity contribution < 1.29 is 14.0 Å². The van der Waals surface area contributed by atoms with Crippen molar-refractivity contribution in [2.45, 2.75) is 43.9 Å². The third-order valence-corrected chi connectivity index (χ3v) is 6.96. The number of furan rings is 1. The van der Waals surface area contributed by atoms with Crippen LogP contribution in [0.15, 0.2) is 37.2 Å². The van der Waals surface area contributed by atoms with E-state index in [1.54, 1.807) is 14.1 Å². The highest BCUT2D eigenvalue weighted by molar-refractivity contribution is 8.04. The first-order chi connectivity index (χ1) is 14.8. The number of hydrogen-bond donors (Lipinski definition) is 2. The smallest absolute Gasteiger partial charge is 0.253 e. The lowest BCUT2D eigenvalue weighted by molar-refractivity contribution is -0.131. The lowest BCUT2D eigenvalue weighted by Gasteiger charge is -2.26. The Kier molecular flexibility index (Phi) is 5.79. The maximum Gasteiger partial charge on any atom is 0.253 e. The summed E-state index contributed by atoms with van der Waals surface area (Å²) < 4.78 is 5.83. The first-order valence-corrected chi connectivity index (χ1v) is 11.3. The summed E-state index contributed by atoms with van der Waals surface area (Å²) in [7, 11) is 3.17. The lowest BCUT2D eigenvalue weighted by Crippen LogP contribution is -2.40. The van der Waals surface area contributed by atoms with Crippen LogP contribution in [-0.4, -0.2) is 35.9 Å². The van der Waals surface area contributed by atoms with Gasteiger partial charge in [0.25, 0.3) is 10.9 Å². The standard InChI is InChI=1S/C22H25N3O5S/c1-11-8-9-14(30-11)15(12-6-4-5-7-12)24-17-16(19(27)20(17)28)23-13-10-31-21(18(13)26)22(29)25(2)3/h8-10,12,15,21,23-24H,4-7H2,1-3H3. The molecule has 1 fully saturated rings. The zero-order valence-corrected chi connectivity index (χ0v) is 18.5. The van der Waals surface area contributed by atoms with Gasteiger partial charge in [-0.15, -0.1) is 11.8 Å². The highest BCUT2D eigenvalue weighted by atomic mass is 32.2. The quantitative estimate of drug-likeness (QED) is 0.496. The summed E-state index contributed by atoms with van der Waals surface area (Å²) in [4.78, 5) is 50.8. The molecule has 2 heterocycles. The van der Waals surface area contributed by atoms with Crippen LogP contribution < -0.4 is 21.5 Å². The molecule has 1 aliphatic heterocycles. The third kappa shape index (κ3) is 3.94.